The Balaban J connectivity index is 1.76. The van der Waals surface area contributed by atoms with Crippen molar-refractivity contribution in [3.63, 3.8) is 0 Å². The molecule has 0 spiro atoms. The molecule has 3 rings (SSSR count). The highest BCUT2D eigenvalue weighted by atomic mass is 16.6. The second-order valence-electron chi connectivity index (χ2n) is 6.05. The third-order valence-electron chi connectivity index (χ3n) is 4.35. The van der Waals surface area contributed by atoms with Crippen LogP contribution in [0, 0.1) is 22.0 Å². The zero-order valence-corrected chi connectivity index (χ0v) is 13.4. The van der Waals surface area contributed by atoms with Gasteiger partial charge < -0.3 is 10.0 Å². The Morgan fingerprint density at radius 3 is 2.48 bits per heavy atom. The molecule has 0 aliphatic carbocycles. The van der Waals surface area contributed by atoms with E-state index in [0.29, 0.717) is 12.2 Å². The van der Waals surface area contributed by atoms with Crippen molar-refractivity contribution in [3.8, 4) is 5.69 Å². The zero-order chi connectivity index (χ0) is 18.1. The van der Waals surface area contributed by atoms with E-state index in [0.717, 1.165) is 0 Å². The van der Waals surface area contributed by atoms with Crippen LogP contribution in [0.4, 0.5) is 5.69 Å². The van der Waals surface area contributed by atoms with Crippen LogP contribution < -0.4 is 0 Å². The van der Waals surface area contributed by atoms with Crippen molar-refractivity contribution in [3.05, 3.63) is 52.3 Å². The minimum absolute atomic E-state index is 0.0297. The lowest BCUT2D eigenvalue weighted by molar-refractivity contribution is -0.384. The number of carbonyl (C=O) groups excluding carboxylic acids is 1. The molecule has 1 saturated heterocycles. The smallest absolute Gasteiger partial charge is 0.308 e. The lowest BCUT2D eigenvalue weighted by Crippen LogP contribution is -2.30. The summed E-state index contributed by atoms with van der Waals surface area (Å²) in [5, 5.41) is 24.0. The van der Waals surface area contributed by atoms with Crippen LogP contribution in [0.25, 0.3) is 5.69 Å². The fourth-order valence-corrected chi connectivity index (χ4v) is 2.92. The van der Waals surface area contributed by atoms with Crippen LogP contribution in [0.5, 0.6) is 0 Å². The minimum Gasteiger partial charge on any atom is -0.481 e. The maximum absolute atomic E-state index is 12.5. The van der Waals surface area contributed by atoms with E-state index in [2.05, 4.69) is 5.10 Å². The topological polar surface area (TPSA) is 119 Å². The van der Waals surface area contributed by atoms with Gasteiger partial charge in [0.05, 0.1) is 16.5 Å². The van der Waals surface area contributed by atoms with Gasteiger partial charge in [0.25, 0.3) is 11.6 Å². The number of rotatable bonds is 4. The molecule has 1 fully saturated rings. The first kappa shape index (κ1) is 16.6. The van der Waals surface area contributed by atoms with Crippen LogP contribution in [0.2, 0.25) is 0 Å². The van der Waals surface area contributed by atoms with E-state index in [-0.39, 0.29) is 29.8 Å². The molecule has 1 aliphatic heterocycles. The number of carboxylic acids is 1. The SMILES string of the molecule is C[C@@H]1CN(C(=O)c2ccn(-c3ccc([N+](=O)[O-])cc3)n2)C[C@H]1C(=O)O. The van der Waals surface area contributed by atoms with Crippen LogP contribution in [-0.4, -0.2) is 49.7 Å². The Kier molecular flexibility index (Phi) is 4.22. The minimum atomic E-state index is -0.904. The van der Waals surface area contributed by atoms with Crippen molar-refractivity contribution >= 4 is 17.6 Å². The second kappa shape index (κ2) is 6.34. The lowest BCUT2D eigenvalue weighted by atomic mass is 9.99. The average molecular weight is 344 g/mol. The number of benzene rings is 1. The highest BCUT2D eigenvalue weighted by Crippen LogP contribution is 2.24. The van der Waals surface area contributed by atoms with Gasteiger partial charge in [-0.15, -0.1) is 0 Å². The average Bonchev–Trinajstić information content (AvgIpc) is 3.21. The van der Waals surface area contributed by atoms with Gasteiger partial charge in [0, 0.05) is 31.4 Å². The standard InChI is InChI=1S/C16H16N4O5/c1-10-8-18(9-13(10)16(22)23)15(21)14-6-7-19(17-14)11-2-4-12(5-3-11)20(24)25/h2-7,10,13H,8-9H2,1H3,(H,22,23)/t10-,13-/m1/s1. The van der Waals surface area contributed by atoms with Crippen molar-refractivity contribution in [2.75, 3.05) is 13.1 Å². The van der Waals surface area contributed by atoms with Crippen LogP contribution in [0.3, 0.4) is 0 Å². The molecule has 0 saturated carbocycles. The van der Waals surface area contributed by atoms with Crippen LogP contribution >= 0.6 is 0 Å². The molecule has 2 heterocycles. The van der Waals surface area contributed by atoms with E-state index >= 15 is 0 Å². The number of amides is 1. The van der Waals surface area contributed by atoms with Gasteiger partial charge in [0.15, 0.2) is 5.69 Å². The fourth-order valence-electron chi connectivity index (χ4n) is 2.92. The number of aromatic nitrogens is 2. The van der Waals surface area contributed by atoms with Gasteiger partial charge in [-0.25, -0.2) is 4.68 Å². The van der Waals surface area contributed by atoms with Crippen molar-refractivity contribution < 1.29 is 19.6 Å². The summed E-state index contributed by atoms with van der Waals surface area (Å²) in [5.41, 5.74) is 0.761. The Labute approximate surface area is 142 Å². The maximum Gasteiger partial charge on any atom is 0.308 e. The number of nitro benzene ring substituents is 1. The normalized spacial score (nSPS) is 19.8. The van der Waals surface area contributed by atoms with E-state index < -0.39 is 16.8 Å². The molecule has 1 aromatic carbocycles. The van der Waals surface area contributed by atoms with E-state index in [1.54, 1.807) is 12.3 Å². The van der Waals surface area contributed by atoms with Crippen LogP contribution in [0.1, 0.15) is 17.4 Å². The molecule has 0 unspecified atom stereocenters. The Morgan fingerprint density at radius 2 is 1.92 bits per heavy atom. The molecule has 130 valence electrons. The Hall–Kier alpha value is -3.23. The summed E-state index contributed by atoms with van der Waals surface area (Å²) < 4.78 is 1.45. The summed E-state index contributed by atoms with van der Waals surface area (Å²) in [5.74, 6) is -1.91. The quantitative estimate of drug-likeness (QED) is 0.664. The number of non-ortho nitro benzene ring substituents is 1. The summed E-state index contributed by atoms with van der Waals surface area (Å²) in [6.07, 6.45) is 1.59. The van der Waals surface area contributed by atoms with E-state index in [4.69, 9.17) is 5.11 Å². The third kappa shape index (κ3) is 3.21. The van der Waals surface area contributed by atoms with E-state index in [9.17, 15) is 19.7 Å². The van der Waals surface area contributed by atoms with Crippen molar-refractivity contribution in [2.24, 2.45) is 11.8 Å². The summed E-state index contributed by atoms with van der Waals surface area (Å²) in [4.78, 5) is 35.4. The molecule has 2 atom stereocenters. The number of nitrogens with zero attached hydrogens (tertiary/aromatic N) is 4. The molecule has 9 nitrogen and oxygen atoms in total. The molecule has 1 N–H and O–H groups in total. The molecule has 9 heteroatoms. The van der Waals surface area contributed by atoms with E-state index in [1.807, 2.05) is 6.92 Å². The van der Waals surface area contributed by atoms with Gasteiger partial charge in [-0.1, -0.05) is 6.92 Å². The maximum atomic E-state index is 12.5. The van der Waals surface area contributed by atoms with Crippen molar-refractivity contribution in [1.29, 1.82) is 0 Å². The molecule has 0 bridgehead atoms. The van der Waals surface area contributed by atoms with Crippen molar-refractivity contribution in [2.45, 2.75) is 6.92 Å². The predicted octanol–water partition coefficient (Wildman–Crippen LogP) is 1.57. The number of hydrogen-bond acceptors (Lipinski definition) is 5. The van der Waals surface area contributed by atoms with Crippen molar-refractivity contribution in [1.82, 2.24) is 14.7 Å². The van der Waals surface area contributed by atoms with Gasteiger partial charge in [0.1, 0.15) is 0 Å². The number of aliphatic carboxylic acids is 1. The largest absolute Gasteiger partial charge is 0.481 e. The molecule has 25 heavy (non-hydrogen) atoms. The zero-order valence-electron chi connectivity index (χ0n) is 13.4. The highest BCUT2D eigenvalue weighted by Gasteiger charge is 2.37. The predicted molar refractivity (Wildman–Crippen MR) is 86.4 cm³/mol. The van der Waals surface area contributed by atoms with Gasteiger partial charge in [-0.05, 0) is 24.1 Å². The summed E-state index contributed by atoms with van der Waals surface area (Å²) in [7, 11) is 0. The monoisotopic (exact) mass is 344 g/mol. The summed E-state index contributed by atoms with van der Waals surface area (Å²) in [6, 6.07) is 7.34. The van der Waals surface area contributed by atoms with Gasteiger partial charge in [-0.3, -0.25) is 19.7 Å². The van der Waals surface area contributed by atoms with Crippen LogP contribution in [0.15, 0.2) is 36.5 Å². The Bertz CT molecular complexity index is 829. The number of carboxylic acid groups (broad SMARTS) is 1. The first-order valence-electron chi connectivity index (χ1n) is 7.69. The molecule has 1 aromatic heterocycles. The number of nitro groups is 1. The summed E-state index contributed by atoms with van der Waals surface area (Å²) in [6.45, 7) is 2.35. The number of carbonyl (C=O) groups is 2. The molecule has 1 amide bonds. The fraction of sp³-hybridized carbons (Fsp3) is 0.312. The second-order valence-corrected chi connectivity index (χ2v) is 6.05. The number of hydrogen-bond donors (Lipinski definition) is 1. The van der Waals surface area contributed by atoms with Crippen LogP contribution in [-0.2, 0) is 4.79 Å². The third-order valence-corrected chi connectivity index (χ3v) is 4.35. The van der Waals surface area contributed by atoms with Gasteiger partial charge >= 0.3 is 5.97 Å². The molecular weight excluding hydrogens is 328 g/mol. The summed E-state index contributed by atoms with van der Waals surface area (Å²) >= 11 is 0. The van der Waals surface area contributed by atoms with E-state index in [1.165, 1.54) is 33.8 Å². The first-order valence-corrected chi connectivity index (χ1v) is 7.69. The number of likely N-dealkylation sites (tertiary alicyclic amines) is 1. The lowest BCUT2D eigenvalue weighted by Gasteiger charge is -2.14. The molecule has 1 aliphatic rings. The highest BCUT2D eigenvalue weighted by molar-refractivity contribution is 5.93. The Morgan fingerprint density at radius 1 is 1.24 bits per heavy atom. The molecular formula is C16H16N4O5. The van der Waals surface area contributed by atoms with Gasteiger partial charge in [0.2, 0.25) is 0 Å². The first-order chi connectivity index (χ1) is 11.9. The molecule has 0 radical (unpaired) electrons. The van der Waals surface area contributed by atoms with Gasteiger partial charge in [-0.2, -0.15) is 5.10 Å². The molecule has 2 aromatic rings.